The molecule has 294 valence electrons. The van der Waals surface area contributed by atoms with Crippen molar-refractivity contribution in [2.45, 2.75) is 12.8 Å². The largest absolute Gasteiger partial charge is 0.520 e. The lowest BCUT2D eigenvalue weighted by atomic mass is 9.95. The van der Waals surface area contributed by atoms with Crippen molar-refractivity contribution < 1.29 is 18.4 Å². The molecule has 12 aromatic rings. The van der Waals surface area contributed by atoms with Crippen LogP contribution in [-0.2, 0) is 18.4 Å². The van der Waals surface area contributed by atoms with Crippen LogP contribution in [0.5, 0.6) is 0 Å². The normalized spacial score (nSPS) is 12.3. The molecule has 0 spiro atoms. The second-order valence-corrected chi connectivity index (χ2v) is 19.3. The summed E-state index contributed by atoms with van der Waals surface area (Å²) in [5.41, 5.74) is 0. The van der Waals surface area contributed by atoms with Crippen LogP contribution in [-0.4, -0.2) is 31.5 Å². The van der Waals surface area contributed by atoms with Crippen molar-refractivity contribution >= 4 is 150 Å². The van der Waals surface area contributed by atoms with Crippen molar-refractivity contribution in [1.29, 1.82) is 0 Å². The number of carbonyl (C=O) groups excluding carboxylic acids is 2. The number of hydrogen-bond donors (Lipinski definition) is 0. The molecular formula is C56H38O4Si2. The molecule has 4 nitrogen and oxygen atoms in total. The predicted octanol–water partition coefficient (Wildman–Crippen LogP) is 11.2. The van der Waals surface area contributed by atoms with Crippen LogP contribution in [0.4, 0.5) is 0 Å². The Bertz CT molecular complexity index is 3620. The minimum Gasteiger partial charge on any atom is -0.520 e. The van der Waals surface area contributed by atoms with Gasteiger partial charge in [-0.1, -0.05) is 109 Å². The predicted molar refractivity (Wildman–Crippen MR) is 266 cm³/mol. The Morgan fingerprint density at radius 2 is 0.581 bits per heavy atom. The third kappa shape index (κ3) is 6.43. The summed E-state index contributed by atoms with van der Waals surface area (Å²) in [5, 5.41) is 25.9. The van der Waals surface area contributed by atoms with Gasteiger partial charge in [-0.2, -0.15) is 0 Å². The van der Waals surface area contributed by atoms with Gasteiger partial charge in [0.2, 0.25) is 0 Å². The second-order valence-electron chi connectivity index (χ2n) is 16.6. The van der Waals surface area contributed by atoms with E-state index in [1.807, 2.05) is 12.1 Å². The minimum atomic E-state index is -1.42. The molecule has 0 aromatic heterocycles. The Morgan fingerprint density at radius 1 is 0.290 bits per heavy atom. The highest BCUT2D eigenvalue weighted by Crippen LogP contribution is 2.35. The average molecular weight is 831 g/mol. The third-order valence-electron chi connectivity index (χ3n) is 12.8. The van der Waals surface area contributed by atoms with E-state index in [1.54, 1.807) is 0 Å². The Hall–Kier alpha value is -7.39. The molecule has 62 heavy (non-hydrogen) atoms. The van der Waals surface area contributed by atoms with Gasteiger partial charge in [-0.15, -0.1) is 0 Å². The van der Waals surface area contributed by atoms with Crippen LogP contribution in [0.15, 0.2) is 182 Å². The van der Waals surface area contributed by atoms with Gasteiger partial charge in [0, 0.05) is 0 Å². The zero-order valence-corrected chi connectivity index (χ0v) is 36.6. The van der Waals surface area contributed by atoms with Crippen molar-refractivity contribution in [3.8, 4) is 0 Å². The molecule has 0 unspecified atom stereocenters. The number of benzene rings is 12. The summed E-state index contributed by atoms with van der Waals surface area (Å²) in [6.45, 7) is 0. The van der Waals surface area contributed by atoms with Crippen LogP contribution in [0.25, 0.3) is 108 Å². The summed E-state index contributed by atoms with van der Waals surface area (Å²) in [6, 6.07) is 65.5. The monoisotopic (exact) mass is 830 g/mol. The first-order valence-corrected chi connectivity index (χ1v) is 23.8. The van der Waals surface area contributed by atoms with E-state index < -0.39 is 19.5 Å². The lowest BCUT2D eigenvalue weighted by Gasteiger charge is -2.12. The molecule has 0 aliphatic heterocycles. The molecule has 0 fully saturated rings. The zero-order valence-electron chi connectivity index (χ0n) is 33.8. The van der Waals surface area contributed by atoms with Gasteiger partial charge in [-0.25, -0.2) is 0 Å². The fourth-order valence-corrected chi connectivity index (χ4v) is 11.9. The molecule has 0 bridgehead atoms. The van der Waals surface area contributed by atoms with Crippen molar-refractivity contribution in [3.63, 3.8) is 0 Å². The summed E-state index contributed by atoms with van der Waals surface area (Å²) in [4.78, 5) is 26.2. The maximum absolute atomic E-state index is 13.1. The lowest BCUT2D eigenvalue weighted by Crippen LogP contribution is -2.24. The smallest absolute Gasteiger partial charge is 0.292 e. The van der Waals surface area contributed by atoms with E-state index in [9.17, 15) is 9.59 Å². The Balaban J connectivity index is 0.752. The van der Waals surface area contributed by atoms with Crippen LogP contribution >= 0.6 is 0 Å². The van der Waals surface area contributed by atoms with Crippen LogP contribution in [0.1, 0.15) is 12.8 Å². The highest BCUT2D eigenvalue weighted by molar-refractivity contribution is 6.54. The highest BCUT2D eigenvalue weighted by atomic mass is 28.2. The van der Waals surface area contributed by atoms with E-state index in [1.165, 1.54) is 86.2 Å². The topological polar surface area (TPSA) is 52.6 Å². The van der Waals surface area contributed by atoms with Crippen LogP contribution in [0.2, 0.25) is 0 Å². The summed E-state index contributed by atoms with van der Waals surface area (Å²) in [5.74, 6) is -0.720. The Labute approximate surface area is 361 Å². The van der Waals surface area contributed by atoms with E-state index in [-0.39, 0.29) is 24.8 Å². The SMILES string of the molecule is O=C(CCC(=O)O[SiH2]c1cccc2cc3ccc4cc5cc6ccccc6cc5cc4c3cc12)O[SiH2]c1cccc2cc3ccc4cc5cc6ccccc6cc5cc4c3cc12. The van der Waals surface area contributed by atoms with Gasteiger partial charge in [0.25, 0.3) is 31.5 Å². The summed E-state index contributed by atoms with van der Waals surface area (Å²) < 4.78 is 11.9. The standard InChI is InChI=1S/C56H38O4Si2/c57-55(59-61-53-13-5-11-37-25-39-15-17-41-27-43-21-33-7-1-3-9-35(33)23-45(43)29-47(41)49(39)31-51(37)53)19-20-56(58)60-62-54-14-6-12-38-26-40-16-18-42-28-44-22-34-8-2-4-10-36(34)24-46(44)30-48(42)50(40)32-52(38)54/h1-18,21-32H,19-20,61-62H2. The number of hydrogen-bond acceptors (Lipinski definition) is 4. The molecule has 0 saturated carbocycles. The maximum atomic E-state index is 13.1. The molecule has 0 amide bonds. The molecule has 0 aliphatic carbocycles. The molecule has 0 heterocycles. The van der Waals surface area contributed by atoms with Gasteiger partial charge in [-0.3, -0.25) is 9.59 Å². The fraction of sp³-hybridized carbons (Fsp3) is 0.0357. The van der Waals surface area contributed by atoms with Crippen molar-refractivity contribution in [2.75, 3.05) is 0 Å². The first-order valence-electron chi connectivity index (χ1n) is 21.2. The van der Waals surface area contributed by atoms with E-state index in [4.69, 9.17) is 8.85 Å². The van der Waals surface area contributed by atoms with Crippen molar-refractivity contribution in [2.24, 2.45) is 0 Å². The lowest BCUT2D eigenvalue weighted by molar-refractivity contribution is -0.140. The van der Waals surface area contributed by atoms with Gasteiger partial charge in [0.15, 0.2) is 0 Å². The minimum absolute atomic E-state index is 0.00424. The van der Waals surface area contributed by atoms with Crippen LogP contribution in [0, 0.1) is 0 Å². The average Bonchev–Trinajstić information content (AvgIpc) is 3.30. The zero-order chi connectivity index (χ0) is 41.3. The molecule has 12 rings (SSSR count). The Morgan fingerprint density at radius 3 is 0.968 bits per heavy atom. The van der Waals surface area contributed by atoms with Crippen molar-refractivity contribution in [1.82, 2.24) is 0 Å². The molecule has 0 radical (unpaired) electrons. The van der Waals surface area contributed by atoms with Gasteiger partial charge in [0.1, 0.15) is 0 Å². The van der Waals surface area contributed by atoms with Gasteiger partial charge < -0.3 is 8.85 Å². The molecule has 12 aromatic carbocycles. The van der Waals surface area contributed by atoms with E-state index in [0.29, 0.717) is 0 Å². The summed E-state index contributed by atoms with van der Waals surface area (Å²) in [6.07, 6.45) is -0.00847. The molecular weight excluding hydrogens is 793 g/mol. The summed E-state index contributed by atoms with van der Waals surface area (Å²) in [7, 11) is -2.85. The molecule has 0 N–H and O–H groups in total. The fourth-order valence-electron chi connectivity index (χ4n) is 9.60. The van der Waals surface area contributed by atoms with Crippen LogP contribution < -0.4 is 10.4 Å². The first kappa shape index (κ1) is 36.5. The Kier molecular flexibility index (Phi) is 8.62. The third-order valence-corrected chi connectivity index (χ3v) is 15.6. The number of fused-ring (bicyclic) bond motifs is 12. The van der Waals surface area contributed by atoms with Gasteiger partial charge in [0.05, 0.1) is 12.8 Å². The van der Waals surface area contributed by atoms with Gasteiger partial charge >= 0.3 is 0 Å². The maximum Gasteiger partial charge on any atom is 0.292 e. The van der Waals surface area contributed by atoms with E-state index in [2.05, 4.69) is 170 Å². The highest BCUT2D eigenvalue weighted by Gasteiger charge is 2.15. The number of rotatable bonds is 7. The van der Waals surface area contributed by atoms with E-state index >= 15 is 0 Å². The summed E-state index contributed by atoms with van der Waals surface area (Å²) >= 11 is 0. The molecule has 0 atom stereocenters. The first-order chi connectivity index (χ1) is 30.5. The molecule has 6 heteroatoms. The van der Waals surface area contributed by atoms with E-state index in [0.717, 1.165) is 31.9 Å². The molecule has 0 saturated heterocycles. The second kappa shape index (κ2) is 14.7. The van der Waals surface area contributed by atoms with Gasteiger partial charge in [-0.05, 0) is 191 Å². The van der Waals surface area contributed by atoms with Crippen molar-refractivity contribution in [3.05, 3.63) is 182 Å². The number of carbonyl (C=O) groups is 2. The van der Waals surface area contributed by atoms with Crippen LogP contribution in [0.3, 0.4) is 0 Å². The quantitative estimate of drug-likeness (QED) is 0.0912. The molecule has 0 aliphatic rings.